The van der Waals surface area contributed by atoms with Crippen molar-refractivity contribution in [2.75, 3.05) is 46.6 Å². The highest BCUT2D eigenvalue weighted by molar-refractivity contribution is 9.10. The van der Waals surface area contributed by atoms with Gasteiger partial charge in [0.2, 0.25) is 15.9 Å². The van der Waals surface area contributed by atoms with Crippen LogP contribution in [0.3, 0.4) is 0 Å². The summed E-state index contributed by atoms with van der Waals surface area (Å²) in [4.78, 5) is 10.9. The molecule has 1 aromatic rings. The van der Waals surface area contributed by atoms with Crippen molar-refractivity contribution in [3.8, 4) is 5.75 Å². The van der Waals surface area contributed by atoms with E-state index in [-0.39, 0.29) is 16.9 Å². The number of hydrogen-bond donors (Lipinski definition) is 1. The van der Waals surface area contributed by atoms with Crippen molar-refractivity contribution in [1.29, 1.82) is 0 Å². The van der Waals surface area contributed by atoms with Gasteiger partial charge in [-0.15, -0.1) is 0 Å². The maximum atomic E-state index is 12.9. The molecule has 28 heavy (non-hydrogen) atoms. The highest BCUT2D eigenvalue weighted by Crippen LogP contribution is 2.34. The number of ether oxygens (including phenoxy) is 3. The third-order valence-electron chi connectivity index (χ3n) is 4.37. The van der Waals surface area contributed by atoms with Crippen molar-refractivity contribution in [2.24, 2.45) is 0 Å². The SMILES string of the molecule is COc1cccc(S(=O)(=O)N2CCC(OCCOCCNC(C)=O)CC2)c1Br. The van der Waals surface area contributed by atoms with Crippen LogP contribution in [0.2, 0.25) is 0 Å². The summed E-state index contributed by atoms with van der Waals surface area (Å²) in [5.74, 6) is 0.403. The van der Waals surface area contributed by atoms with E-state index in [2.05, 4.69) is 21.2 Å². The molecule has 158 valence electrons. The molecule has 0 radical (unpaired) electrons. The van der Waals surface area contributed by atoms with Gasteiger partial charge in [0, 0.05) is 26.6 Å². The van der Waals surface area contributed by atoms with Crippen LogP contribution in [-0.4, -0.2) is 71.3 Å². The average molecular weight is 479 g/mol. The molecule has 1 aliphatic heterocycles. The fraction of sp³-hybridized carbons (Fsp3) is 0.611. The van der Waals surface area contributed by atoms with Crippen LogP contribution < -0.4 is 10.1 Å². The zero-order valence-electron chi connectivity index (χ0n) is 16.1. The number of hydrogen-bond acceptors (Lipinski definition) is 6. The van der Waals surface area contributed by atoms with E-state index in [1.54, 1.807) is 18.2 Å². The standard InChI is InChI=1S/C18H27BrN2O6S/c1-14(22)20-8-11-26-12-13-27-15-6-9-21(10-7-15)28(23,24)17-5-3-4-16(25-2)18(17)19/h3-5,15H,6-13H2,1-2H3,(H,20,22). The van der Waals surface area contributed by atoms with Crippen LogP contribution >= 0.6 is 15.9 Å². The number of nitrogens with zero attached hydrogens (tertiary/aromatic N) is 1. The van der Waals surface area contributed by atoms with Crippen LogP contribution in [0.1, 0.15) is 19.8 Å². The van der Waals surface area contributed by atoms with Gasteiger partial charge in [-0.25, -0.2) is 8.42 Å². The molecule has 0 aromatic heterocycles. The van der Waals surface area contributed by atoms with Gasteiger partial charge >= 0.3 is 0 Å². The number of benzene rings is 1. The van der Waals surface area contributed by atoms with Gasteiger partial charge in [0.1, 0.15) is 10.6 Å². The lowest BCUT2D eigenvalue weighted by Crippen LogP contribution is -2.41. The number of carbonyl (C=O) groups is 1. The predicted molar refractivity (Wildman–Crippen MR) is 108 cm³/mol. The molecule has 0 spiro atoms. The molecule has 1 aromatic carbocycles. The van der Waals surface area contributed by atoms with E-state index in [1.807, 2.05) is 0 Å². The largest absolute Gasteiger partial charge is 0.496 e. The molecule has 0 atom stereocenters. The molecule has 1 aliphatic rings. The van der Waals surface area contributed by atoms with E-state index in [4.69, 9.17) is 14.2 Å². The first-order chi connectivity index (χ1) is 13.4. The Kier molecular flexibility index (Phi) is 9.16. The van der Waals surface area contributed by atoms with Crippen molar-refractivity contribution in [3.05, 3.63) is 22.7 Å². The molecule has 2 rings (SSSR count). The predicted octanol–water partition coefficient (Wildman–Crippen LogP) is 1.78. The molecule has 8 nitrogen and oxygen atoms in total. The Bertz CT molecular complexity index is 750. The van der Waals surface area contributed by atoms with Crippen molar-refractivity contribution in [3.63, 3.8) is 0 Å². The lowest BCUT2D eigenvalue weighted by atomic mass is 10.1. The van der Waals surface area contributed by atoms with Crippen LogP contribution in [0.4, 0.5) is 0 Å². The lowest BCUT2D eigenvalue weighted by molar-refractivity contribution is -0.119. The number of amides is 1. The normalized spacial score (nSPS) is 16.1. The molecule has 0 saturated carbocycles. The van der Waals surface area contributed by atoms with E-state index in [0.717, 1.165) is 0 Å². The van der Waals surface area contributed by atoms with E-state index >= 15 is 0 Å². The molecule has 0 unspecified atom stereocenters. The van der Waals surface area contributed by atoms with Crippen molar-refractivity contribution < 1.29 is 27.4 Å². The van der Waals surface area contributed by atoms with E-state index in [1.165, 1.54) is 18.3 Å². The second-order valence-corrected chi connectivity index (χ2v) is 9.04. The zero-order chi connectivity index (χ0) is 20.6. The number of nitrogens with one attached hydrogen (secondary N) is 1. The van der Waals surface area contributed by atoms with Crippen LogP contribution in [0, 0.1) is 0 Å². The summed E-state index contributed by atoms with van der Waals surface area (Å²) in [5.41, 5.74) is 0. The van der Waals surface area contributed by atoms with Crippen LogP contribution in [0.25, 0.3) is 0 Å². The Morgan fingerprint density at radius 2 is 1.96 bits per heavy atom. The molecule has 10 heteroatoms. The summed E-state index contributed by atoms with van der Waals surface area (Å²) < 4.78 is 44.2. The van der Waals surface area contributed by atoms with Gasteiger partial charge in [0.25, 0.3) is 0 Å². The summed E-state index contributed by atoms with van der Waals surface area (Å²) in [6.07, 6.45) is 1.28. The monoisotopic (exact) mass is 478 g/mol. The Morgan fingerprint density at radius 1 is 1.25 bits per heavy atom. The molecule has 1 saturated heterocycles. The van der Waals surface area contributed by atoms with Crippen LogP contribution in [-0.2, 0) is 24.3 Å². The quantitative estimate of drug-likeness (QED) is 0.515. The van der Waals surface area contributed by atoms with Crippen LogP contribution in [0.15, 0.2) is 27.6 Å². The molecular weight excluding hydrogens is 452 g/mol. The van der Waals surface area contributed by atoms with Gasteiger partial charge in [-0.1, -0.05) is 6.07 Å². The van der Waals surface area contributed by atoms with Crippen molar-refractivity contribution in [2.45, 2.75) is 30.8 Å². The average Bonchev–Trinajstić information content (AvgIpc) is 2.67. The maximum Gasteiger partial charge on any atom is 0.244 e. The molecule has 1 fully saturated rings. The third-order valence-corrected chi connectivity index (χ3v) is 7.39. The summed E-state index contributed by atoms with van der Waals surface area (Å²) in [5, 5.41) is 2.65. The van der Waals surface area contributed by atoms with Gasteiger partial charge in [-0.2, -0.15) is 4.31 Å². The lowest BCUT2D eigenvalue weighted by Gasteiger charge is -2.31. The summed E-state index contributed by atoms with van der Waals surface area (Å²) >= 11 is 3.33. The van der Waals surface area contributed by atoms with Crippen molar-refractivity contribution >= 4 is 31.9 Å². The van der Waals surface area contributed by atoms with Gasteiger partial charge in [-0.05, 0) is 40.9 Å². The van der Waals surface area contributed by atoms with E-state index in [9.17, 15) is 13.2 Å². The van der Waals surface area contributed by atoms with E-state index < -0.39 is 10.0 Å². The third kappa shape index (κ3) is 6.41. The van der Waals surface area contributed by atoms with Gasteiger partial charge in [0.05, 0.1) is 37.5 Å². The van der Waals surface area contributed by atoms with E-state index in [0.29, 0.717) is 62.5 Å². The first-order valence-corrected chi connectivity index (χ1v) is 11.4. The Labute approximate surface area is 174 Å². The second kappa shape index (κ2) is 11.1. The summed E-state index contributed by atoms with van der Waals surface area (Å²) in [6, 6.07) is 4.95. The topological polar surface area (TPSA) is 94.2 Å². The highest BCUT2D eigenvalue weighted by atomic mass is 79.9. The van der Waals surface area contributed by atoms with Crippen LogP contribution in [0.5, 0.6) is 5.75 Å². The number of halogens is 1. The Hall–Kier alpha value is -1.20. The zero-order valence-corrected chi connectivity index (χ0v) is 18.6. The minimum Gasteiger partial charge on any atom is -0.496 e. The number of methoxy groups -OCH3 is 1. The Morgan fingerprint density at radius 3 is 2.61 bits per heavy atom. The molecular formula is C18H27BrN2O6S. The molecule has 0 bridgehead atoms. The van der Waals surface area contributed by atoms with Gasteiger partial charge in [0.15, 0.2) is 0 Å². The number of piperidine rings is 1. The number of rotatable bonds is 10. The molecule has 1 N–H and O–H groups in total. The maximum absolute atomic E-state index is 12.9. The fourth-order valence-corrected chi connectivity index (χ4v) is 5.49. The second-order valence-electron chi connectivity index (χ2n) is 6.34. The first-order valence-electron chi connectivity index (χ1n) is 9.12. The highest BCUT2D eigenvalue weighted by Gasteiger charge is 2.31. The van der Waals surface area contributed by atoms with Crippen molar-refractivity contribution in [1.82, 2.24) is 9.62 Å². The minimum absolute atomic E-state index is 0.0131. The minimum atomic E-state index is -3.60. The summed E-state index contributed by atoms with van der Waals surface area (Å²) in [7, 11) is -2.10. The molecule has 1 amide bonds. The smallest absolute Gasteiger partial charge is 0.244 e. The Balaban J connectivity index is 1.76. The molecule has 1 heterocycles. The van der Waals surface area contributed by atoms with Gasteiger partial charge < -0.3 is 19.5 Å². The fourth-order valence-electron chi connectivity index (χ4n) is 2.90. The van der Waals surface area contributed by atoms with Gasteiger partial charge in [-0.3, -0.25) is 4.79 Å². The number of carbonyl (C=O) groups excluding carboxylic acids is 1. The first kappa shape index (κ1) is 23.1. The summed E-state index contributed by atoms with van der Waals surface area (Å²) in [6.45, 7) is 4.07. The molecule has 0 aliphatic carbocycles. The number of sulfonamides is 1.